The fraction of sp³-hybridized carbons (Fsp3) is 0.286. The molecule has 5 N–H and O–H groups in total. The Labute approximate surface area is 70.0 Å². The lowest BCUT2D eigenvalue weighted by Crippen LogP contribution is -2.05. The maximum absolute atomic E-state index is 8.45. The number of aliphatic hydroxyl groups is 1. The molecule has 5 heteroatoms. The fourth-order valence-corrected chi connectivity index (χ4v) is 0.749. The third-order valence-corrected chi connectivity index (χ3v) is 1.23. The number of aliphatic hydroxyl groups excluding tert-OH is 1. The van der Waals surface area contributed by atoms with Gasteiger partial charge in [0.15, 0.2) is 0 Å². The summed E-state index contributed by atoms with van der Waals surface area (Å²) in [5.41, 5.74) is 11.8. The van der Waals surface area contributed by atoms with E-state index < -0.39 is 0 Å². The topological polar surface area (TPSA) is 94.4 Å². The summed E-state index contributed by atoms with van der Waals surface area (Å²) < 4.78 is 5.00. The number of hydrogen-bond acceptors (Lipinski definition) is 5. The van der Waals surface area contributed by atoms with Crippen LogP contribution in [0.4, 0.5) is 11.4 Å². The van der Waals surface area contributed by atoms with E-state index in [0.29, 0.717) is 17.3 Å². The number of nitrogens with two attached hydrogens (primary N) is 2. The third kappa shape index (κ3) is 2.00. The Bertz CT molecular complexity index is 265. The van der Waals surface area contributed by atoms with Crippen LogP contribution in [0.5, 0.6) is 5.88 Å². The number of hydrogen-bond donors (Lipinski definition) is 3. The summed E-state index contributed by atoms with van der Waals surface area (Å²) in [6, 6.07) is 1.56. The van der Waals surface area contributed by atoms with Crippen molar-refractivity contribution in [2.75, 3.05) is 24.7 Å². The Hall–Kier alpha value is -1.49. The Morgan fingerprint density at radius 2 is 2.25 bits per heavy atom. The van der Waals surface area contributed by atoms with E-state index in [1.54, 1.807) is 6.07 Å². The van der Waals surface area contributed by atoms with Crippen LogP contribution in [0.15, 0.2) is 12.3 Å². The first-order valence-corrected chi connectivity index (χ1v) is 3.48. The molecule has 1 aromatic heterocycles. The Kier molecular flexibility index (Phi) is 2.71. The summed E-state index contributed by atoms with van der Waals surface area (Å²) in [7, 11) is 0. The standard InChI is InChI=1S/C7H11N3O2/c8-5-3-6(9)7(10-4-5)12-2-1-11/h3-4,11H,1-2,8-9H2. The molecule has 0 spiro atoms. The summed E-state index contributed by atoms with van der Waals surface area (Å²) in [4.78, 5) is 3.83. The van der Waals surface area contributed by atoms with Crippen LogP contribution in [0.2, 0.25) is 0 Å². The highest BCUT2D eigenvalue weighted by atomic mass is 16.5. The molecule has 0 atom stereocenters. The largest absolute Gasteiger partial charge is 0.474 e. The lowest BCUT2D eigenvalue weighted by Gasteiger charge is -2.05. The minimum atomic E-state index is -0.0640. The van der Waals surface area contributed by atoms with Crippen molar-refractivity contribution in [3.63, 3.8) is 0 Å². The van der Waals surface area contributed by atoms with Gasteiger partial charge >= 0.3 is 0 Å². The summed E-state index contributed by atoms with van der Waals surface area (Å²) in [6.07, 6.45) is 1.45. The molecule has 1 rings (SSSR count). The first kappa shape index (κ1) is 8.61. The number of nitrogen functional groups attached to an aromatic ring is 2. The van der Waals surface area contributed by atoms with E-state index in [1.165, 1.54) is 6.20 Å². The molecule has 5 nitrogen and oxygen atoms in total. The van der Waals surface area contributed by atoms with Crippen molar-refractivity contribution < 1.29 is 9.84 Å². The molecule has 0 unspecified atom stereocenters. The number of pyridine rings is 1. The lowest BCUT2D eigenvalue weighted by molar-refractivity contribution is 0.197. The molecule has 0 aliphatic rings. The molecule has 66 valence electrons. The van der Waals surface area contributed by atoms with Gasteiger partial charge < -0.3 is 21.3 Å². The molecule has 1 aromatic rings. The van der Waals surface area contributed by atoms with Gasteiger partial charge in [-0.1, -0.05) is 0 Å². The first-order chi connectivity index (χ1) is 5.74. The van der Waals surface area contributed by atoms with Crippen LogP contribution in [0.3, 0.4) is 0 Å². The number of aromatic nitrogens is 1. The highest BCUT2D eigenvalue weighted by molar-refractivity contribution is 5.55. The number of ether oxygens (including phenoxy) is 1. The van der Waals surface area contributed by atoms with Crippen LogP contribution in [-0.2, 0) is 0 Å². The Morgan fingerprint density at radius 3 is 2.83 bits per heavy atom. The van der Waals surface area contributed by atoms with Gasteiger partial charge in [0, 0.05) is 0 Å². The second kappa shape index (κ2) is 3.77. The van der Waals surface area contributed by atoms with Crippen molar-refractivity contribution in [3.05, 3.63) is 12.3 Å². The number of nitrogens with zero attached hydrogens (tertiary/aromatic N) is 1. The van der Waals surface area contributed by atoms with Crippen molar-refractivity contribution in [1.82, 2.24) is 4.98 Å². The van der Waals surface area contributed by atoms with Gasteiger partial charge in [0.2, 0.25) is 5.88 Å². The van der Waals surface area contributed by atoms with Crippen LogP contribution < -0.4 is 16.2 Å². The van der Waals surface area contributed by atoms with Crippen molar-refractivity contribution in [2.45, 2.75) is 0 Å². The third-order valence-electron chi connectivity index (χ3n) is 1.23. The molecular formula is C7H11N3O2. The van der Waals surface area contributed by atoms with E-state index in [0.717, 1.165) is 0 Å². The smallest absolute Gasteiger partial charge is 0.237 e. The number of rotatable bonds is 3. The summed E-state index contributed by atoms with van der Waals surface area (Å²) in [5.74, 6) is 0.304. The summed E-state index contributed by atoms with van der Waals surface area (Å²) >= 11 is 0. The zero-order valence-corrected chi connectivity index (χ0v) is 6.53. The molecule has 0 fully saturated rings. The minimum absolute atomic E-state index is 0.0640. The Morgan fingerprint density at radius 1 is 1.50 bits per heavy atom. The van der Waals surface area contributed by atoms with Crippen LogP contribution in [0.25, 0.3) is 0 Å². The molecule has 0 saturated heterocycles. The van der Waals surface area contributed by atoms with Gasteiger partial charge in [0.1, 0.15) is 6.61 Å². The highest BCUT2D eigenvalue weighted by Crippen LogP contribution is 2.19. The van der Waals surface area contributed by atoms with Crippen LogP contribution >= 0.6 is 0 Å². The number of anilines is 2. The van der Waals surface area contributed by atoms with Crippen LogP contribution in [0.1, 0.15) is 0 Å². The molecule has 0 aliphatic heterocycles. The first-order valence-electron chi connectivity index (χ1n) is 3.48. The molecule has 0 amide bonds. The molecule has 0 saturated carbocycles. The molecule has 12 heavy (non-hydrogen) atoms. The molecule has 0 radical (unpaired) electrons. The monoisotopic (exact) mass is 169 g/mol. The predicted octanol–water partition coefficient (Wildman–Crippen LogP) is -0.383. The van der Waals surface area contributed by atoms with E-state index in [2.05, 4.69) is 4.98 Å². The molecule has 1 heterocycles. The maximum Gasteiger partial charge on any atom is 0.237 e. The van der Waals surface area contributed by atoms with Gasteiger partial charge in [-0.15, -0.1) is 0 Å². The van der Waals surface area contributed by atoms with Crippen LogP contribution in [0, 0.1) is 0 Å². The van der Waals surface area contributed by atoms with Crippen molar-refractivity contribution in [1.29, 1.82) is 0 Å². The normalized spacial score (nSPS) is 9.75. The van der Waals surface area contributed by atoms with Gasteiger partial charge in [0.05, 0.1) is 24.2 Å². The van der Waals surface area contributed by atoms with Crippen molar-refractivity contribution in [3.8, 4) is 5.88 Å². The van der Waals surface area contributed by atoms with Gasteiger partial charge in [-0.25, -0.2) is 4.98 Å². The van der Waals surface area contributed by atoms with Gasteiger partial charge in [-0.05, 0) is 6.07 Å². The fourth-order valence-electron chi connectivity index (χ4n) is 0.749. The van der Waals surface area contributed by atoms with Gasteiger partial charge in [0.25, 0.3) is 0 Å². The Balaban J connectivity index is 2.72. The molecule has 0 bridgehead atoms. The van der Waals surface area contributed by atoms with E-state index in [1.807, 2.05) is 0 Å². The summed E-state index contributed by atoms with van der Waals surface area (Å²) in [6.45, 7) is 0.118. The quantitative estimate of drug-likeness (QED) is 0.573. The average Bonchev–Trinajstić information content (AvgIpc) is 2.03. The van der Waals surface area contributed by atoms with Gasteiger partial charge in [-0.3, -0.25) is 0 Å². The maximum atomic E-state index is 8.45. The average molecular weight is 169 g/mol. The zero-order valence-electron chi connectivity index (χ0n) is 6.53. The predicted molar refractivity (Wildman–Crippen MR) is 45.6 cm³/mol. The summed E-state index contributed by atoms with van der Waals surface area (Å²) in [5, 5.41) is 8.45. The molecule has 0 aromatic carbocycles. The lowest BCUT2D eigenvalue weighted by atomic mass is 10.4. The van der Waals surface area contributed by atoms with Crippen molar-refractivity contribution in [2.24, 2.45) is 0 Å². The second-order valence-corrected chi connectivity index (χ2v) is 2.24. The minimum Gasteiger partial charge on any atom is -0.474 e. The van der Waals surface area contributed by atoms with Crippen molar-refractivity contribution >= 4 is 11.4 Å². The SMILES string of the molecule is Nc1cnc(OCCO)c(N)c1. The molecule has 0 aliphatic carbocycles. The highest BCUT2D eigenvalue weighted by Gasteiger charge is 2.00. The van der Waals surface area contributed by atoms with E-state index in [-0.39, 0.29) is 13.2 Å². The van der Waals surface area contributed by atoms with Crippen LogP contribution in [-0.4, -0.2) is 23.3 Å². The van der Waals surface area contributed by atoms with E-state index in [4.69, 9.17) is 21.3 Å². The van der Waals surface area contributed by atoms with E-state index >= 15 is 0 Å². The van der Waals surface area contributed by atoms with E-state index in [9.17, 15) is 0 Å². The molecular weight excluding hydrogens is 158 g/mol. The zero-order chi connectivity index (χ0) is 8.97. The second-order valence-electron chi connectivity index (χ2n) is 2.24. The van der Waals surface area contributed by atoms with Gasteiger partial charge in [-0.2, -0.15) is 0 Å².